The van der Waals surface area contributed by atoms with Crippen LogP contribution in [0.1, 0.15) is 119 Å². The normalized spacial score (nSPS) is 37.3. The van der Waals surface area contributed by atoms with Gasteiger partial charge in [-0.25, -0.2) is 4.79 Å². The van der Waals surface area contributed by atoms with Gasteiger partial charge in [-0.3, -0.25) is 14.1 Å². The lowest BCUT2D eigenvalue weighted by molar-refractivity contribution is -0.954. The summed E-state index contributed by atoms with van der Waals surface area (Å²) in [5.74, 6) is 0.979. The van der Waals surface area contributed by atoms with E-state index in [1.807, 2.05) is 0 Å². The quantitative estimate of drug-likeness (QED) is 0.0387. The van der Waals surface area contributed by atoms with Gasteiger partial charge in [0.05, 0.1) is 33.5 Å². The second kappa shape index (κ2) is 15.1. The maximum absolute atomic E-state index is 13.4. The standard InChI is InChI=1S/C39H66N2O5.HI/c1-12-14-32-35(40(7)8)38(6)27(24-39(32,41(9,10)11)46-36(45)33(42)23-34(43)44)17-18-28-30-20-19-29(26(4)16-13-15-25(2)3)37(30,5)22-21-31(28)38;/h17,25-26,28-32,35H,12-16,18-24H2,1-11H3;1H/p+1/t26-,28?,29-,30?,31?,32?,35?,37-,38+,39-;/m1./s1. The molecule has 7 nitrogen and oxygen atoms in total. The molecule has 4 rings (SSSR count). The summed E-state index contributed by atoms with van der Waals surface area (Å²) in [6.07, 6.45) is 14.4. The van der Waals surface area contributed by atoms with Crippen LogP contribution in [0.5, 0.6) is 0 Å². The fourth-order valence-electron chi connectivity index (χ4n) is 11.9. The molecule has 0 aromatic rings. The summed E-state index contributed by atoms with van der Waals surface area (Å²) < 4.78 is 6.76. The number of esters is 1. The predicted molar refractivity (Wildman–Crippen MR) is 199 cm³/mol. The minimum absolute atomic E-state index is 0. The van der Waals surface area contributed by atoms with Crippen LogP contribution in [0.4, 0.5) is 0 Å². The van der Waals surface area contributed by atoms with Gasteiger partial charge in [0.25, 0.3) is 11.5 Å². The molecular weight excluding hydrogens is 703 g/mol. The van der Waals surface area contributed by atoms with Crippen molar-refractivity contribution in [2.75, 3.05) is 35.2 Å². The Bertz CT molecular complexity index is 1180. The van der Waals surface area contributed by atoms with Gasteiger partial charge in [0.1, 0.15) is 6.42 Å². The number of allylic oxidation sites excluding steroid dienone is 1. The molecule has 0 aromatic carbocycles. The maximum Gasteiger partial charge on any atom is 0.379 e. The minimum atomic E-state index is -1.31. The molecule has 1 N–H and O–H groups in total. The second-order valence-electron chi connectivity index (χ2n) is 17.9. The van der Waals surface area contributed by atoms with E-state index < -0.39 is 29.9 Å². The summed E-state index contributed by atoms with van der Waals surface area (Å²) in [6.45, 7) is 14.6. The van der Waals surface area contributed by atoms with Gasteiger partial charge in [0, 0.05) is 11.5 Å². The summed E-state index contributed by atoms with van der Waals surface area (Å²) in [4.78, 5) is 39.8. The van der Waals surface area contributed by atoms with Gasteiger partial charge in [0.15, 0.2) is 0 Å². The summed E-state index contributed by atoms with van der Waals surface area (Å²) in [5.41, 5.74) is 0.704. The highest BCUT2D eigenvalue weighted by Gasteiger charge is 2.69. The maximum atomic E-state index is 13.4. The molecule has 5 unspecified atom stereocenters. The van der Waals surface area contributed by atoms with Gasteiger partial charge in [-0.1, -0.05) is 78.9 Å². The summed E-state index contributed by atoms with van der Waals surface area (Å²) in [7, 11) is 10.5. The lowest BCUT2D eigenvalue weighted by Crippen LogP contribution is -2.74. The molecule has 10 atom stereocenters. The summed E-state index contributed by atoms with van der Waals surface area (Å²) >= 11 is 0. The van der Waals surface area contributed by atoms with Crippen molar-refractivity contribution in [2.45, 2.75) is 130 Å². The van der Waals surface area contributed by atoms with Crippen molar-refractivity contribution in [1.29, 1.82) is 0 Å². The molecule has 47 heavy (non-hydrogen) atoms. The fourth-order valence-corrected chi connectivity index (χ4v) is 11.9. The number of ketones is 1. The highest BCUT2D eigenvalue weighted by atomic mass is 127. The van der Waals surface area contributed by atoms with E-state index in [0.29, 0.717) is 28.2 Å². The van der Waals surface area contributed by atoms with Gasteiger partial charge < -0.3 is 14.7 Å². The number of Topliss-reactive ketones (excluding diaryl/α,β-unsaturated/α-hetero) is 1. The number of nitrogens with zero attached hydrogens (tertiary/aromatic N) is 2. The number of carbonyl (C=O) groups is 3. The summed E-state index contributed by atoms with van der Waals surface area (Å²) in [5, 5.41) is 9.25. The first-order valence-electron chi connectivity index (χ1n) is 18.5. The average molecular weight is 772 g/mol. The lowest BCUT2D eigenvalue weighted by Gasteiger charge is -2.66. The highest BCUT2D eigenvalue weighted by Crippen LogP contribution is 2.69. The van der Waals surface area contributed by atoms with Gasteiger partial charge in [-0.05, 0) is 93.5 Å². The Morgan fingerprint density at radius 3 is 2.26 bits per heavy atom. The van der Waals surface area contributed by atoms with Crippen molar-refractivity contribution in [3.05, 3.63) is 11.6 Å². The second-order valence-corrected chi connectivity index (χ2v) is 17.9. The largest absolute Gasteiger partial charge is 0.481 e. The first-order valence-corrected chi connectivity index (χ1v) is 18.5. The molecule has 0 spiro atoms. The molecule has 8 heteroatoms. The third-order valence-electron chi connectivity index (χ3n) is 13.9. The van der Waals surface area contributed by atoms with E-state index >= 15 is 0 Å². The van der Waals surface area contributed by atoms with Crippen LogP contribution in [0.15, 0.2) is 11.6 Å². The number of quaternary nitrogens is 1. The average Bonchev–Trinajstić information content (AvgIpc) is 3.29. The van der Waals surface area contributed by atoms with Gasteiger partial charge >= 0.3 is 11.9 Å². The molecule has 3 saturated carbocycles. The van der Waals surface area contributed by atoms with E-state index in [0.717, 1.165) is 42.9 Å². The van der Waals surface area contributed by atoms with Crippen LogP contribution in [-0.2, 0) is 19.1 Å². The number of carboxylic acid groups (broad SMARTS) is 1. The smallest absolute Gasteiger partial charge is 0.379 e. The molecule has 0 aliphatic heterocycles. The van der Waals surface area contributed by atoms with Gasteiger partial charge in [-0.2, -0.15) is 0 Å². The third kappa shape index (κ3) is 7.27. The molecule has 0 amide bonds. The number of fused-ring (bicyclic) bond motifs is 5. The molecule has 0 aromatic heterocycles. The lowest BCUT2D eigenvalue weighted by atomic mass is 9.43. The molecular formula is C39H68IN2O5+. The molecule has 0 radical (unpaired) electrons. The highest BCUT2D eigenvalue weighted by molar-refractivity contribution is 14.0. The Labute approximate surface area is 303 Å². The van der Waals surface area contributed by atoms with Crippen LogP contribution in [-0.4, -0.2) is 79.2 Å². The van der Waals surface area contributed by atoms with Crippen molar-refractivity contribution >= 4 is 41.7 Å². The molecule has 0 bridgehead atoms. The number of rotatable bonds is 13. The Hall–Kier alpha value is -1.00. The molecule has 0 heterocycles. The van der Waals surface area contributed by atoms with E-state index in [2.05, 4.69) is 87.8 Å². The molecule has 0 saturated heterocycles. The number of carbonyl (C=O) groups excluding carboxylic acids is 2. The number of aliphatic carboxylic acids is 1. The zero-order chi connectivity index (χ0) is 34.4. The third-order valence-corrected chi connectivity index (χ3v) is 13.9. The Morgan fingerprint density at radius 1 is 1.04 bits per heavy atom. The number of hydrogen-bond donors (Lipinski definition) is 1. The monoisotopic (exact) mass is 771 g/mol. The van der Waals surface area contributed by atoms with Crippen LogP contribution in [0.2, 0.25) is 0 Å². The van der Waals surface area contributed by atoms with Gasteiger partial charge in [0.2, 0.25) is 0 Å². The van der Waals surface area contributed by atoms with Crippen molar-refractivity contribution in [3.63, 3.8) is 0 Å². The zero-order valence-electron chi connectivity index (χ0n) is 31.6. The van der Waals surface area contributed by atoms with Crippen LogP contribution >= 0.6 is 24.0 Å². The van der Waals surface area contributed by atoms with E-state index in [1.54, 1.807) is 0 Å². The van der Waals surface area contributed by atoms with E-state index in [4.69, 9.17) is 4.74 Å². The topological polar surface area (TPSA) is 83.9 Å². The number of hydrogen-bond acceptors (Lipinski definition) is 5. The predicted octanol–water partition coefficient (Wildman–Crippen LogP) is 8.20. The molecule has 270 valence electrons. The van der Waals surface area contributed by atoms with Gasteiger partial charge in [-0.15, -0.1) is 24.0 Å². The van der Waals surface area contributed by atoms with Crippen molar-refractivity contribution in [2.24, 2.45) is 52.3 Å². The molecule has 3 fully saturated rings. The molecule has 4 aliphatic rings. The first-order chi connectivity index (χ1) is 21.3. The van der Waals surface area contributed by atoms with Crippen LogP contribution in [0.3, 0.4) is 0 Å². The Kier molecular flexibility index (Phi) is 13.0. The summed E-state index contributed by atoms with van der Waals surface area (Å²) in [6, 6.07) is 0.108. The van der Waals surface area contributed by atoms with Crippen LogP contribution in [0.25, 0.3) is 0 Å². The van der Waals surface area contributed by atoms with E-state index in [-0.39, 0.29) is 41.4 Å². The Morgan fingerprint density at radius 2 is 1.70 bits per heavy atom. The molecule has 4 aliphatic carbocycles. The number of halogens is 1. The number of carboxylic acids is 1. The van der Waals surface area contributed by atoms with Crippen LogP contribution < -0.4 is 0 Å². The SMILES string of the molecule is CCCC1C(N(C)C)[C@@]2(C)C(=CCC3C2CC[C@@]2(C)C3CC[C@@H]2[C@H](C)CCCC(C)C)C[C@]1(OC(=O)C(=O)CC(=O)O)[N+](C)(C)C.I. The van der Waals surface area contributed by atoms with Crippen LogP contribution in [0, 0.1) is 52.3 Å². The number of ether oxygens (including phenoxy) is 1. The first kappa shape index (κ1) is 40.4. The van der Waals surface area contributed by atoms with E-state index in [1.165, 1.54) is 50.5 Å². The minimum Gasteiger partial charge on any atom is -0.481 e. The van der Waals surface area contributed by atoms with Crippen molar-refractivity contribution in [3.8, 4) is 0 Å². The zero-order valence-corrected chi connectivity index (χ0v) is 33.9. The van der Waals surface area contributed by atoms with Crippen molar-refractivity contribution in [1.82, 2.24) is 4.90 Å². The van der Waals surface area contributed by atoms with E-state index in [9.17, 15) is 19.5 Å². The van der Waals surface area contributed by atoms with Crippen molar-refractivity contribution < 1.29 is 28.7 Å². The fraction of sp³-hybridized carbons (Fsp3) is 0.872. The Balaban J connectivity index is 0.00000600.